The smallest absolute Gasteiger partial charge is 0.226 e. The average molecular weight is 365 g/mol. The molecule has 1 heterocycles. The molecule has 0 N–H and O–H groups in total. The minimum Gasteiger partial charge on any atom is -0.226 e. The molecule has 0 amide bonds. The number of imidazole rings is 1. The predicted molar refractivity (Wildman–Crippen MR) is 96.7 cm³/mol. The van der Waals surface area contributed by atoms with Gasteiger partial charge >= 0.3 is 0 Å². The SMILES string of the molecule is C[n+]1c(-c2ccccc2Br)n(C[C]2[CH][CH][CH][CH]2)c2ccccc21. The first-order valence-electron chi connectivity index (χ1n) is 7.68. The lowest BCUT2D eigenvalue weighted by atomic mass is 10.1. The summed E-state index contributed by atoms with van der Waals surface area (Å²) in [4.78, 5) is 0. The van der Waals surface area contributed by atoms with Crippen molar-refractivity contribution >= 4 is 27.0 Å². The van der Waals surface area contributed by atoms with E-state index in [0.717, 1.165) is 11.0 Å². The summed E-state index contributed by atoms with van der Waals surface area (Å²) in [7, 11) is 2.14. The summed E-state index contributed by atoms with van der Waals surface area (Å²) in [6.45, 7) is 0.866. The summed E-state index contributed by atoms with van der Waals surface area (Å²) in [5, 5.41) is 0. The van der Waals surface area contributed by atoms with E-state index in [1.54, 1.807) is 0 Å². The first kappa shape index (κ1) is 14.9. The van der Waals surface area contributed by atoms with Crippen LogP contribution in [0.4, 0.5) is 0 Å². The third kappa shape index (κ3) is 2.61. The van der Waals surface area contributed by atoms with Gasteiger partial charge in [-0.3, -0.25) is 0 Å². The first-order valence-corrected chi connectivity index (χ1v) is 8.48. The summed E-state index contributed by atoms with van der Waals surface area (Å²) in [5.41, 5.74) is 3.70. The molecule has 23 heavy (non-hydrogen) atoms. The lowest BCUT2D eigenvalue weighted by Gasteiger charge is -2.09. The summed E-state index contributed by atoms with van der Waals surface area (Å²) >= 11 is 3.71. The van der Waals surface area contributed by atoms with E-state index in [2.05, 4.69) is 106 Å². The monoisotopic (exact) mass is 364 g/mol. The van der Waals surface area contributed by atoms with E-state index in [-0.39, 0.29) is 0 Å². The van der Waals surface area contributed by atoms with Gasteiger partial charge in [-0.05, 0) is 65.9 Å². The Hall–Kier alpha value is -1.61. The van der Waals surface area contributed by atoms with Gasteiger partial charge in [-0.2, -0.15) is 0 Å². The fourth-order valence-electron chi connectivity index (χ4n) is 3.22. The van der Waals surface area contributed by atoms with Crippen molar-refractivity contribution in [3.8, 4) is 11.4 Å². The van der Waals surface area contributed by atoms with Crippen molar-refractivity contribution < 1.29 is 4.57 Å². The van der Waals surface area contributed by atoms with Crippen LogP contribution in [-0.4, -0.2) is 4.57 Å². The van der Waals surface area contributed by atoms with E-state index in [1.807, 2.05) is 0 Å². The van der Waals surface area contributed by atoms with Gasteiger partial charge in [0.05, 0.1) is 19.2 Å². The molecule has 1 saturated carbocycles. The molecule has 1 aromatic heterocycles. The molecule has 0 saturated heterocycles. The highest BCUT2D eigenvalue weighted by atomic mass is 79.9. The molecule has 1 fully saturated rings. The normalized spacial score (nSPS) is 15.6. The molecule has 3 aromatic rings. The van der Waals surface area contributed by atoms with E-state index < -0.39 is 0 Å². The molecule has 0 unspecified atom stereocenters. The van der Waals surface area contributed by atoms with Crippen molar-refractivity contribution in [2.75, 3.05) is 0 Å². The number of hydrogen-bond acceptors (Lipinski definition) is 0. The van der Waals surface area contributed by atoms with Crippen molar-refractivity contribution in [1.29, 1.82) is 0 Å². The molecule has 2 nitrogen and oxygen atoms in total. The van der Waals surface area contributed by atoms with Crippen LogP contribution in [0.2, 0.25) is 0 Å². The minimum absolute atomic E-state index is 0.866. The second kappa shape index (κ2) is 6.12. The van der Waals surface area contributed by atoms with Crippen molar-refractivity contribution in [2.45, 2.75) is 6.54 Å². The number of para-hydroxylation sites is 2. The molecule has 0 spiro atoms. The van der Waals surface area contributed by atoms with Crippen molar-refractivity contribution in [3.05, 3.63) is 84.6 Å². The van der Waals surface area contributed by atoms with E-state index >= 15 is 0 Å². The van der Waals surface area contributed by atoms with Gasteiger partial charge in [0, 0.05) is 10.4 Å². The third-order valence-electron chi connectivity index (χ3n) is 4.29. The van der Waals surface area contributed by atoms with Gasteiger partial charge in [0.2, 0.25) is 0 Å². The summed E-state index contributed by atoms with van der Waals surface area (Å²) < 4.78 is 5.78. The standard InChI is InChI=1S/C20H17BrN2/c1-22-18-12-6-7-13-19(18)23(14-15-8-2-3-9-15)20(22)16-10-4-5-11-17(16)21/h2-13H,14H2,1H3/q+1. The molecule has 1 aliphatic carbocycles. The zero-order chi connectivity index (χ0) is 15.8. The third-order valence-corrected chi connectivity index (χ3v) is 4.99. The average Bonchev–Trinajstić information content (AvgIpc) is 3.17. The van der Waals surface area contributed by atoms with Crippen LogP contribution >= 0.6 is 15.9 Å². The Morgan fingerprint density at radius 2 is 1.65 bits per heavy atom. The topological polar surface area (TPSA) is 8.81 Å². The maximum absolute atomic E-state index is 3.71. The molecular weight excluding hydrogens is 348 g/mol. The van der Waals surface area contributed by atoms with E-state index in [9.17, 15) is 0 Å². The molecule has 2 aromatic carbocycles. The van der Waals surface area contributed by atoms with Crippen molar-refractivity contribution in [3.63, 3.8) is 0 Å². The first-order chi connectivity index (χ1) is 11.3. The quantitative estimate of drug-likeness (QED) is 0.612. The Bertz CT molecular complexity index is 844. The molecule has 0 atom stereocenters. The highest BCUT2D eigenvalue weighted by Gasteiger charge is 2.29. The highest BCUT2D eigenvalue weighted by Crippen LogP contribution is 2.32. The Morgan fingerprint density at radius 1 is 0.957 bits per heavy atom. The zero-order valence-electron chi connectivity index (χ0n) is 12.9. The van der Waals surface area contributed by atoms with Crippen molar-refractivity contribution in [2.24, 2.45) is 7.05 Å². The van der Waals surface area contributed by atoms with Gasteiger partial charge < -0.3 is 0 Å². The van der Waals surface area contributed by atoms with E-state index in [4.69, 9.17) is 0 Å². The number of fused-ring (bicyclic) bond motifs is 1. The molecule has 0 aliphatic heterocycles. The van der Waals surface area contributed by atoms with Gasteiger partial charge in [-0.15, -0.1) is 0 Å². The number of halogens is 1. The maximum Gasteiger partial charge on any atom is 0.290 e. The largest absolute Gasteiger partial charge is 0.290 e. The molecule has 1 aliphatic rings. The highest BCUT2D eigenvalue weighted by molar-refractivity contribution is 9.10. The maximum atomic E-state index is 3.71. The van der Waals surface area contributed by atoms with Crippen LogP contribution in [0.15, 0.2) is 53.0 Å². The fraction of sp³-hybridized carbons (Fsp3) is 0.100. The van der Waals surface area contributed by atoms with Crippen LogP contribution in [0.25, 0.3) is 22.4 Å². The second-order valence-electron chi connectivity index (χ2n) is 5.73. The van der Waals surface area contributed by atoms with Crippen LogP contribution in [-0.2, 0) is 13.6 Å². The van der Waals surface area contributed by atoms with Crippen LogP contribution < -0.4 is 4.57 Å². The van der Waals surface area contributed by atoms with Crippen LogP contribution in [0.3, 0.4) is 0 Å². The lowest BCUT2D eigenvalue weighted by molar-refractivity contribution is -0.634. The summed E-state index contributed by atoms with van der Waals surface area (Å²) in [6, 6.07) is 17.0. The van der Waals surface area contributed by atoms with Crippen LogP contribution in [0.1, 0.15) is 0 Å². The van der Waals surface area contributed by atoms with Crippen LogP contribution in [0.5, 0.6) is 0 Å². The van der Waals surface area contributed by atoms with E-state index in [1.165, 1.54) is 28.3 Å². The molecule has 113 valence electrons. The van der Waals surface area contributed by atoms with Crippen LogP contribution in [0, 0.1) is 31.6 Å². The Morgan fingerprint density at radius 3 is 2.43 bits per heavy atom. The van der Waals surface area contributed by atoms with E-state index in [0.29, 0.717) is 0 Å². The number of aromatic nitrogens is 2. The summed E-state index contributed by atoms with van der Waals surface area (Å²) in [5.74, 6) is 2.53. The molecule has 4 rings (SSSR count). The molecule has 5 radical (unpaired) electrons. The number of rotatable bonds is 3. The number of hydrogen-bond donors (Lipinski definition) is 0. The Kier molecular flexibility index (Phi) is 3.98. The van der Waals surface area contributed by atoms with Crippen molar-refractivity contribution in [1.82, 2.24) is 4.57 Å². The number of aryl methyl sites for hydroxylation is 1. The van der Waals surface area contributed by atoms with Gasteiger partial charge in [0.25, 0.3) is 5.82 Å². The summed E-state index contributed by atoms with van der Waals surface area (Å²) in [6.07, 6.45) is 8.55. The zero-order valence-corrected chi connectivity index (χ0v) is 14.5. The Labute approximate surface area is 145 Å². The van der Waals surface area contributed by atoms with Gasteiger partial charge in [-0.25, -0.2) is 9.13 Å². The number of benzene rings is 2. The predicted octanol–water partition coefficient (Wildman–Crippen LogP) is 4.30. The number of nitrogens with zero attached hydrogens (tertiary/aromatic N) is 2. The Balaban J connectivity index is 1.94. The minimum atomic E-state index is 0.866. The fourth-order valence-corrected chi connectivity index (χ4v) is 3.68. The van der Waals surface area contributed by atoms with Gasteiger partial charge in [0.1, 0.15) is 0 Å². The van der Waals surface area contributed by atoms with Gasteiger partial charge in [-0.1, -0.05) is 24.3 Å². The van der Waals surface area contributed by atoms with Gasteiger partial charge in [0.15, 0.2) is 11.0 Å². The second-order valence-corrected chi connectivity index (χ2v) is 6.58. The molecule has 3 heteroatoms. The molecular formula is C20H17BrN2+. The molecule has 0 bridgehead atoms. The lowest BCUT2D eigenvalue weighted by Crippen LogP contribution is -2.30.